The van der Waals surface area contributed by atoms with Crippen LogP contribution in [0.25, 0.3) is 0 Å². The van der Waals surface area contributed by atoms with Crippen molar-refractivity contribution in [3.05, 3.63) is 118 Å². The highest BCUT2D eigenvalue weighted by atomic mass is 16.5. The van der Waals surface area contributed by atoms with Crippen LogP contribution in [-0.2, 0) is 20.9 Å². The monoisotopic (exact) mass is 510 g/mol. The van der Waals surface area contributed by atoms with Crippen molar-refractivity contribution in [1.29, 1.82) is 0 Å². The second-order valence-electron chi connectivity index (χ2n) is 9.67. The first-order chi connectivity index (χ1) is 18.3. The first-order valence-electron chi connectivity index (χ1n) is 13.0. The minimum Gasteiger partial charge on any atom is -0.463 e. The van der Waals surface area contributed by atoms with Crippen LogP contribution in [0, 0.1) is 6.92 Å². The Morgan fingerprint density at radius 2 is 1.63 bits per heavy atom. The Hall–Kier alpha value is -4.19. The molecule has 1 N–H and O–H groups in total. The highest BCUT2D eigenvalue weighted by molar-refractivity contribution is 5.96. The summed E-state index contributed by atoms with van der Waals surface area (Å²) in [5, 5.41) is 3.02. The van der Waals surface area contributed by atoms with Gasteiger partial charge in [-0.15, -0.1) is 0 Å². The molecule has 0 spiro atoms. The topological polar surface area (TPSA) is 75.7 Å². The highest BCUT2D eigenvalue weighted by Gasteiger charge is 2.36. The Morgan fingerprint density at radius 3 is 2.26 bits per heavy atom. The molecule has 2 atom stereocenters. The second-order valence-corrected chi connectivity index (χ2v) is 9.67. The van der Waals surface area contributed by atoms with Crippen LogP contribution in [0.3, 0.4) is 0 Å². The van der Waals surface area contributed by atoms with Gasteiger partial charge in [0.05, 0.1) is 24.8 Å². The van der Waals surface area contributed by atoms with Gasteiger partial charge in [0.15, 0.2) is 0 Å². The normalized spacial score (nSPS) is 16.3. The van der Waals surface area contributed by atoms with Crippen LogP contribution < -0.4 is 5.32 Å². The van der Waals surface area contributed by atoms with Crippen LogP contribution in [0.5, 0.6) is 0 Å². The molecule has 6 heteroatoms. The number of carbonyl (C=O) groups excluding carboxylic acids is 3. The van der Waals surface area contributed by atoms with Crippen LogP contribution in [0.15, 0.2) is 90.1 Å². The number of rotatable bonds is 8. The zero-order valence-corrected chi connectivity index (χ0v) is 22.4. The maximum absolute atomic E-state index is 13.3. The third-order valence-corrected chi connectivity index (χ3v) is 7.00. The lowest BCUT2D eigenvalue weighted by Crippen LogP contribution is -2.38. The van der Waals surface area contributed by atoms with E-state index in [1.54, 1.807) is 30.9 Å². The van der Waals surface area contributed by atoms with E-state index >= 15 is 0 Å². The van der Waals surface area contributed by atoms with Crippen molar-refractivity contribution in [2.75, 3.05) is 6.61 Å². The molecule has 1 aliphatic rings. The van der Waals surface area contributed by atoms with Crippen LogP contribution in [-0.4, -0.2) is 29.3 Å². The largest absolute Gasteiger partial charge is 0.463 e. The minimum absolute atomic E-state index is 0.0559. The SMILES string of the molecule is CCOC(=O)C1=C(C)N(Cc2ccc(C(=O)NC(C)c3ccccc3)cc2)C(=O)CC1c1ccc(C)cc1. The molecule has 3 aromatic carbocycles. The van der Waals surface area contributed by atoms with Crippen LogP contribution in [0.2, 0.25) is 0 Å². The third-order valence-electron chi connectivity index (χ3n) is 7.00. The lowest BCUT2D eigenvalue weighted by atomic mass is 9.83. The van der Waals surface area contributed by atoms with Crippen molar-refractivity contribution < 1.29 is 19.1 Å². The smallest absolute Gasteiger partial charge is 0.336 e. The molecular formula is C32H34N2O4. The number of amides is 2. The Bertz CT molecular complexity index is 1330. The molecule has 38 heavy (non-hydrogen) atoms. The molecule has 0 aliphatic carbocycles. The van der Waals surface area contributed by atoms with Crippen molar-refractivity contribution in [3.8, 4) is 0 Å². The molecule has 1 aliphatic heterocycles. The lowest BCUT2D eigenvalue weighted by Gasteiger charge is -2.34. The molecule has 6 nitrogen and oxygen atoms in total. The second kappa shape index (κ2) is 11.9. The number of aryl methyl sites for hydroxylation is 1. The molecule has 2 amide bonds. The number of allylic oxidation sites excluding steroid dienone is 1. The Kier molecular flexibility index (Phi) is 8.41. The number of nitrogens with zero attached hydrogens (tertiary/aromatic N) is 1. The van der Waals surface area contributed by atoms with Crippen molar-refractivity contribution in [3.63, 3.8) is 0 Å². The predicted molar refractivity (Wildman–Crippen MR) is 147 cm³/mol. The number of nitrogens with one attached hydrogen (secondary N) is 1. The Morgan fingerprint density at radius 1 is 0.974 bits per heavy atom. The molecule has 3 aromatic rings. The van der Waals surface area contributed by atoms with Gasteiger partial charge in [0, 0.05) is 23.6 Å². The van der Waals surface area contributed by atoms with Crippen molar-refractivity contribution >= 4 is 17.8 Å². The van der Waals surface area contributed by atoms with E-state index in [0.717, 1.165) is 22.3 Å². The number of hydrogen-bond acceptors (Lipinski definition) is 4. The van der Waals surface area contributed by atoms with Gasteiger partial charge in [0.25, 0.3) is 5.91 Å². The molecule has 0 fully saturated rings. The lowest BCUT2D eigenvalue weighted by molar-refractivity contribution is -0.140. The van der Waals surface area contributed by atoms with Crippen molar-refractivity contribution in [2.24, 2.45) is 0 Å². The summed E-state index contributed by atoms with van der Waals surface area (Å²) in [4.78, 5) is 40.7. The molecule has 4 rings (SSSR count). The maximum atomic E-state index is 13.3. The van der Waals surface area contributed by atoms with Gasteiger partial charge < -0.3 is 15.0 Å². The van der Waals surface area contributed by atoms with Gasteiger partial charge in [-0.3, -0.25) is 9.59 Å². The first kappa shape index (κ1) is 26.9. The average molecular weight is 511 g/mol. The summed E-state index contributed by atoms with van der Waals surface area (Å²) < 4.78 is 5.39. The average Bonchev–Trinajstić information content (AvgIpc) is 2.92. The van der Waals surface area contributed by atoms with Crippen molar-refractivity contribution in [1.82, 2.24) is 10.2 Å². The molecule has 0 radical (unpaired) electrons. The summed E-state index contributed by atoms with van der Waals surface area (Å²) in [5.41, 5.74) is 5.59. The zero-order valence-electron chi connectivity index (χ0n) is 22.4. The van der Waals surface area contributed by atoms with Gasteiger partial charge in [-0.25, -0.2) is 4.79 Å². The summed E-state index contributed by atoms with van der Waals surface area (Å²) in [6.45, 7) is 8.09. The van der Waals surface area contributed by atoms with Crippen LogP contribution in [0.4, 0.5) is 0 Å². The van der Waals surface area contributed by atoms with Crippen molar-refractivity contribution in [2.45, 2.75) is 52.6 Å². The fraction of sp³-hybridized carbons (Fsp3) is 0.281. The van der Waals surface area contributed by atoms with Gasteiger partial charge in [-0.2, -0.15) is 0 Å². The van der Waals surface area contributed by atoms with Gasteiger partial charge >= 0.3 is 5.97 Å². The molecule has 0 saturated heterocycles. The number of benzene rings is 3. The minimum atomic E-state index is -0.396. The summed E-state index contributed by atoms with van der Waals surface area (Å²) >= 11 is 0. The van der Waals surface area contributed by atoms with Gasteiger partial charge in [0.2, 0.25) is 5.91 Å². The van der Waals surface area contributed by atoms with Crippen LogP contribution >= 0.6 is 0 Å². The summed E-state index contributed by atoms with van der Waals surface area (Å²) in [6.07, 6.45) is 0.187. The van der Waals surface area contributed by atoms with E-state index in [4.69, 9.17) is 4.74 Å². The fourth-order valence-electron chi connectivity index (χ4n) is 4.81. The molecule has 196 valence electrons. The van der Waals surface area contributed by atoms with Gasteiger partial charge in [-0.1, -0.05) is 72.3 Å². The third kappa shape index (κ3) is 6.02. The standard InChI is InChI=1S/C32H34N2O4/c1-5-38-32(37)30-23(4)34(29(35)19-28(30)26-15-11-21(2)12-16-26)20-24-13-17-27(18-14-24)31(36)33-22(3)25-9-7-6-8-10-25/h6-18,22,28H,5,19-20H2,1-4H3,(H,33,36). The van der Waals surface area contributed by atoms with E-state index in [1.807, 2.05) is 80.6 Å². The zero-order chi connectivity index (χ0) is 27.2. The Labute approximate surface area is 224 Å². The van der Waals surface area contributed by atoms with Crippen LogP contribution in [0.1, 0.15) is 71.8 Å². The molecule has 1 heterocycles. The first-order valence-corrected chi connectivity index (χ1v) is 13.0. The molecule has 0 aromatic heterocycles. The molecule has 0 bridgehead atoms. The summed E-state index contributed by atoms with van der Waals surface area (Å²) in [6, 6.07) is 24.8. The molecule has 2 unspecified atom stereocenters. The van der Waals surface area contributed by atoms with E-state index in [1.165, 1.54) is 0 Å². The fourth-order valence-corrected chi connectivity index (χ4v) is 4.81. The highest BCUT2D eigenvalue weighted by Crippen LogP contribution is 2.37. The summed E-state index contributed by atoms with van der Waals surface area (Å²) in [5.74, 6) is -0.966. The molecular weight excluding hydrogens is 476 g/mol. The van der Waals surface area contributed by atoms with E-state index in [2.05, 4.69) is 5.32 Å². The van der Waals surface area contributed by atoms with Gasteiger partial charge in [0.1, 0.15) is 0 Å². The number of hydrogen-bond donors (Lipinski definition) is 1. The number of carbonyl (C=O) groups is 3. The van der Waals surface area contributed by atoms with E-state index < -0.39 is 5.97 Å². The van der Waals surface area contributed by atoms with E-state index in [0.29, 0.717) is 23.4 Å². The van der Waals surface area contributed by atoms with E-state index in [-0.39, 0.29) is 36.8 Å². The number of ether oxygens (including phenoxy) is 1. The Balaban J connectivity index is 1.53. The predicted octanol–water partition coefficient (Wildman–Crippen LogP) is 5.84. The molecule has 0 saturated carbocycles. The maximum Gasteiger partial charge on any atom is 0.336 e. The number of esters is 1. The van der Waals surface area contributed by atoms with E-state index in [9.17, 15) is 14.4 Å². The van der Waals surface area contributed by atoms with Gasteiger partial charge in [-0.05, 0) is 56.5 Å². The quantitative estimate of drug-likeness (QED) is 0.387. The summed E-state index contributed by atoms with van der Waals surface area (Å²) in [7, 11) is 0.